The van der Waals surface area contributed by atoms with Crippen LogP contribution >= 0.6 is 34.7 Å². The van der Waals surface area contributed by atoms with Crippen molar-refractivity contribution in [2.45, 2.75) is 31.0 Å². The van der Waals surface area contributed by atoms with E-state index in [9.17, 15) is 43.9 Å². The lowest BCUT2D eigenvalue weighted by atomic mass is 10.0. The number of nitrogens with zero attached hydrogens (tertiary/aromatic N) is 6. The number of nitrogens with two attached hydrogens (primary N) is 2. The van der Waals surface area contributed by atoms with Gasteiger partial charge >= 0.3 is 11.9 Å². The zero-order chi connectivity index (χ0) is 38.7. The number of nitrogen functional groups attached to an aromatic ring is 2. The number of aromatic nitrogens is 3. The van der Waals surface area contributed by atoms with Gasteiger partial charge in [-0.3, -0.25) is 34.1 Å². The number of ketones is 2. The number of thioether (sulfide) groups is 1. The van der Waals surface area contributed by atoms with Gasteiger partial charge < -0.3 is 42.5 Å². The topological polar surface area (TPSA) is 326 Å². The van der Waals surface area contributed by atoms with Crippen molar-refractivity contribution in [2.75, 3.05) is 42.2 Å². The molecule has 0 aromatic carbocycles. The molecule has 5 rings (SSSR count). The van der Waals surface area contributed by atoms with Crippen molar-refractivity contribution < 1.29 is 58.4 Å². The highest BCUT2D eigenvalue weighted by Crippen LogP contribution is 2.40. The Labute approximate surface area is 310 Å². The molecule has 2 aromatic rings. The van der Waals surface area contributed by atoms with Gasteiger partial charge in [-0.2, -0.15) is 0 Å². The van der Waals surface area contributed by atoms with Crippen molar-refractivity contribution in [1.29, 1.82) is 0 Å². The molecule has 1 saturated heterocycles. The van der Waals surface area contributed by atoms with Crippen LogP contribution in [-0.4, -0.2) is 125 Å². The number of aliphatic carboxylic acids is 2. The number of carbonyl (C=O) groups is 7. The number of carboxylic acids is 2. The lowest BCUT2D eigenvalue weighted by molar-refractivity contribution is -0.691. The molecule has 3 amide bonds. The van der Waals surface area contributed by atoms with E-state index in [4.69, 9.17) is 33.0 Å². The van der Waals surface area contributed by atoms with Gasteiger partial charge in [0.05, 0.1) is 0 Å². The number of hydroxylamine groups is 2. The summed E-state index contributed by atoms with van der Waals surface area (Å²) in [6.07, 6.45) is 2.15. The second kappa shape index (κ2) is 15.8. The number of carbonyl (C=O) groups excluding carboxylic acids is 5. The van der Waals surface area contributed by atoms with Crippen molar-refractivity contribution in [2.24, 2.45) is 5.16 Å². The Bertz CT molecular complexity index is 2020. The molecule has 0 radical (unpaired) electrons. The Kier molecular flexibility index (Phi) is 11.4. The van der Waals surface area contributed by atoms with Gasteiger partial charge in [0.25, 0.3) is 29.9 Å². The van der Waals surface area contributed by atoms with Crippen LogP contribution in [0, 0.1) is 0 Å². The van der Waals surface area contributed by atoms with Crippen molar-refractivity contribution in [3.63, 3.8) is 0 Å². The lowest BCUT2D eigenvalue weighted by Crippen LogP contribution is -2.71. The van der Waals surface area contributed by atoms with Crippen molar-refractivity contribution in [1.82, 2.24) is 30.6 Å². The molecule has 280 valence electrons. The van der Waals surface area contributed by atoms with E-state index < -0.39 is 71.0 Å². The van der Waals surface area contributed by atoms with Gasteiger partial charge in [-0.15, -0.1) is 11.8 Å². The maximum absolute atomic E-state index is 13.3. The minimum atomic E-state index is -1.46. The fourth-order valence-corrected chi connectivity index (χ4v) is 7.25. The van der Waals surface area contributed by atoms with Crippen LogP contribution in [0.3, 0.4) is 0 Å². The Morgan fingerprint density at radius 2 is 1.94 bits per heavy atom. The molecule has 10 N–H and O–H groups in total. The molecule has 0 aliphatic carbocycles. The average Bonchev–Trinajstić information content (AvgIpc) is 3.44. The molecule has 2 aromatic heterocycles. The van der Waals surface area contributed by atoms with E-state index in [2.05, 4.69) is 31.1 Å². The lowest BCUT2D eigenvalue weighted by Gasteiger charge is -2.49. The highest BCUT2D eigenvalue weighted by Gasteiger charge is 2.54. The SMILES string of the molecule is C[C@H](O/N=C(\C(=O)N[C@@H]1C(=O)N2C(C(=O)O)=C(C[n+]3cnc(N)c(NCCNC(=O)C4=CC(=O)C(=O)CN4O)c3)CS[C@H]12)c1nc(N)sc1Cl)C(=O)O. The summed E-state index contributed by atoms with van der Waals surface area (Å²) in [6.45, 7) is 0.582. The fourth-order valence-electron chi connectivity index (χ4n) is 4.99. The number of β-lactam (4-membered cyclic amide) rings is 1. The van der Waals surface area contributed by atoms with E-state index >= 15 is 0 Å². The monoisotopic (exact) mass is 794 g/mol. The second-order valence-corrected chi connectivity index (χ2v) is 14.0. The van der Waals surface area contributed by atoms with E-state index in [1.807, 2.05) is 0 Å². The minimum absolute atomic E-state index is 0.00565. The Morgan fingerprint density at radius 3 is 2.60 bits per heavy atom. The van der Waals surface area contributed by atoms with Crippen LogP contribution in [0.15, 0.2) is 40.7 Å². The molecule has 5 heterocycles. The molecule has 0 saturated carbocycles. The van der Waals surface area contributed by atoms with Crippen LogP contribution in [0.2, 0.25) is 4.34 Å². The van der Waals surface area contributed by atoms with Crippen molar-refractivity contribution in [3.05, 3.63) is 45.6 Å². The maximum atomic E-state index is 13.3. The summed E-state index contributed by atoms with van der Waals surface area (Å²) in [6, 6.07) is -1.21. The van der Waals surface area contributed by atoms with Crippen molar-refractivity contribution in [3.8, 4) is 0 Å². The van der Waals surface area contributed by atoms with Gasteiger partial charge in [0.1, 0.15) is 57.8 Å². The summed E-state index contributed by atoms with van der Waals surface area (Å²) in [5.74, 6) is -6.90. The summed E-state index contributed by atoms with van der Waals surface area (Å²) < 4.78 is 1.46. The van der Waals surface area contributed by atoms with E-state index in [-0.39, 0.29) is 57.8 Å². The number of rotatable bonds is 14. The second-order valence-electron chi connectivity index (χ2n) is 11.2. The summed E-state index contributed by atoms with van der Waals surface area (Å²) >= 11 is 8.14. The molecule has 0 spiro atoms. The van der Waals surface area contributed by atoms with E-state index in [0.29, 0.717) is 16.3 Å². The molecule has 3 aliphatic rings. The largest absolute Gasteiger partial charge is 0.478 e. The number of carboxylic acid groups (broad SMARTS) is 2. The standard InChI is InChI=1S/C28H28ClN11O11S2/c1-10(26(46)47)51-37-17(16-20(29)53-28(31)36-16)23(44)35-18-24(45)40-19(27(48)49)11(8-52-25(18)40)5-38-6-12(21(30)34-9-38)32-2-3-33-22(43)13-4-14(41)15(42)7-39(13)50/h4,6,9-10,18,25,30,32,50H,2-3,5,7-8H2,1H3,(H6,31,33,35,36,43,44,46,47,48,49)/p+1/b37-17-/t10-,18+,25+/m0/s1. The number of Topliss-reactive ketones (excluding diaryl/α,β-unsaturated/α-hetero) is 1. The fraction of sp³-hybridized carbons (Fsp3) is 0.321. The molecule has 3 aliphatic heterocycles. The normalized spacial score (nSPS) is 19.2. The molecule has 22 nitrogen and oxygen atoms in total. The summed E-state index contributed by atoms with van der Waals surface area (Å²) in [7, 11) is 0. The quantitative estimate of drug-likeness (QED) is 0.0245. The van der Waals surface area contributed by atoms with Crippen LogP contribution in [0.25, 0.3) is 0 Å². The van der Waals surface area contributed by atoms with Crippen LogP contribution in [0.4, 0.5) is 16.6 Å². The molecule has 53 heavy (non-hydrogen) atoms. The highest BCUT2D eigenvalue weighted by atomic mass is 35.5. The van der Waals surface area contributed by atoms with Crippen LogP contribution < -0.4 is 32.0 Å². The third-order valence-electron chi connectivity index (χ3n) is 7.59. The number of anilines is 3. The number of thiazole rings is 1. The van der Waals surface area contributed by atoms with Crippen molar-refractivity contribution >= 4 is 98.3 Å². The number of fused-ring (bicyclic) bond motifs is 1. The van der Waals surface area contributed by atoms with Gasteiger partial charge in [0.2, 0.25) is 17.7 Å². The van der Waals surface area contributed by atoms with E-state index in [0.717, 1.165) is 22.3 Å². The smallest absolute Gasteiger partial charge is 0.352 e. The number of hydrogen-bond acceptors (Lipinski definition) is 18. The molecular formula is C28H29ClN11O11S2+. The minimum Gasteiger partial charge on any atom is -0.478 e. The number of allylic oxidation sites excluding steroid dienone is 1. The average molecular weight is 795 g/mol. The van der Waals surface area contributed by atoms with Gasteiger partial charge in [-0.1, -0.05) is 28.1 Å². The zero-order valence-corrected chi connectivity index (χ0v) is 29.5. The predicted molar refractivity (Wildman–Crippen MR) is 183 cm³/mol. The number of amides is 3. The first-order chi connectivity index (χ1) is 25.1. The van der Waals surface area contributed by atoms with Gasteiger partial charge in [-0.05, 0) is 11.9 Å². The molecular weight excluding hydrogens is 766 g/mol. The first-order valence-electron chi connectivity index (χ1n) is 15.1. The first-order valence-corrected chi connectivity index (χ1v) is 17.3. The van der Waals surface area contributed by atoms with E-state index in [1.54, 1.807) is 0 Å². The number of nitrogens with one attached hydrogen (secondary N) is 3. The molecule has 1 fully saturated rings. The summed E-state index contributed by atoms with van der Waals surface area (Å²) in [4.78, 5) is 99.7. The highest BCUT2D eigenvalue weighted by molar-refractivity contribution is 8.00. The number of oxime groups is 1. The third-order valence-corrected chi connectivity index (χ3v) is 10.0. The van der Waals surface area contributed by atoms with Crippen LogP contribution in [0.5, 0.6) is 0 Å². The molecule has 0 unspecified atom stereocenters. The van der Waals surface area contributed by atoms with E-state index in [1.165, 1.54) is 35.8 Å². The zero-order valence-electron chi connectivity index (χ0n) is 27.1. The van der Waals surface area contributed by atoms with Crippen LogP contribution in [0.1, 0.15) is 12.6 Å². The summed E-state index contributed by atoms with van der Waals surface area (Å²) in [5.41, 5.74) is 10.9. The molecule has 3 atom stereocenters. The van der Waals surface area contributed by atoms with Crippen LogP contribution in [-0.2, 0) is 44.9 Å². The Balaban J connectivity index is 1.25. The number of hydrogen-bond donors (Lipinski definition) is 8. The summed E-state index contributed by atoms with van der Waals surface area (Å²) in [5, 5.41) is 40.1. The third kappa shape index (κ3) is 8.29. The van der Waals surface area contributed by atoms with Gasteiger partial charge in [-0.25, -0.2) is 24.2 Å². The first kappa shape index (κ1) is 38.4. The molecule has 0 bridgehead atoms. The van der Waals surface area contributed by atoms with Gasteiger partial charge in [0.15, 0.2) is 10.8 Å². The Morgan fingerprint density at radius 1 is 1.21 bits per heavy atom. The number of halogens is 1. The van der Waals surface area contributed by atoms with Gasteiger partial charge in [0, 0.05) is 30.5 Å². The predicted octanol–water partition coefficient (Wildman–Crippen LogP) is -2.47. The Hall–Kier alpha value is -5.85. The maximum Gasteiger partial charge on any atom is 0.352 e. The molecule has 25 heteroatoms.